The van der Waals surface area contributed by atoms with Crippen molar-refractivity contribution in [2.75, 3.05) is 18.4 Å². The molecular weight excluding hydrogens is 328 g/mol. The summed E-state index contributed by atoms with van der Waals surface area (Å²) in [6.07, 6.45) is 1.05. The Bertz CT molecular complexity index is 657. The molecule has 1 aliphatic rings. The topological polar surface area (TPSA) is 105 Å². The second-order valence-corrected chi connectivity index (χ2v) is 7.05. The van der Waals surface area contributed by atoms with Crippen LogP contribution < -0.4 is 15.2 Å². The van der Waals surface area contributed by atoms with Gasteiger partial charge in [-0.2, -0.15) is 13.1 Å². The number of carbonyl (C=O) groups is 1. The maximum absolute atomic E-state index is 12.2. The van der Waals surface area contributed by atoms with Gasteiger partial charge in [0.15, 0.2) is 0 Å². The summed E-state index contributed by atoms with van der Waals surface area (Å²) in [6, 6.07) is 4.86. The van der Waals surface area contributed by atoms with Gasteiger partial charge in [-0.25, -0.2) is 9.93 Å². The molecule has 0 aliphatic carbocycles. The van der Waals surface area contributed by atoms with E-state index in [0.29, 0.717) is 36.6 Å². The van der Waals surface area contributed by atoms with Crippen molar-refractivity contribution in [3.63, 3.8) is 0 Å². The number of hydrogen-bond donors (Lipinski definition) is 3. The molecule has 0 unspecified atom stereocenters. The van der Waals surface area contributed by atoms with E-state index >= 15 is 0 Å². The Labute approximate surface area is 135 Å². The Morgan fingerprint density at radius 1 is 1.36 bits per heavy atom. The molecule has 22 heavy (non-hydrogen) atoms. The van der Waals surface area contributed by atoms with E-state index in [1.807, 2.05) is 13.0 Å². The Morgan fingerprint density at radius 2 is 2.00 bits per heavy atom. The predicted molar refractivity (Wildman–Crippen MR) is 86.0 cm³/mol. The Morgan fingerprint density at radius 3 is 2.55 bits per heavy atom. The van der Waals surface area contributed by atoms with Crippen LogP contribution in [0.1, 0.15) is 18.4 Å². The zero-order valence-electron chi connectivity index (χ0n) is 12.2. The summed E-state index contributed by atoms with van der Waals surface area (Å²) < 4.78 is 24.3. The van der Waals surface area contributed by atoms with E-state index in [2.05, 4.69) is 10.0 Å². The number of hydrogen-bond acceptors (Lipinski definition) is 3. The third-order valence-corrected chi connectivity index (χ3v) is 4.61. The number of carbonyl (C=O) groups excluding carboxylic acids is 1. The Hall–Kier alpha value is -1.35. The molecule has 1 aliphatic heterocycles. The van der Waals surface area contributed by atoms with Gasteiger partial charge in [-0.05, 0) is 37.5 Å². The van der Waals surface area contributed by atoms with E-state index in [1.54, 1.807) is 17.0 Å². The molecule has 1 saturated heterocycles. The number of halogens is 1. The van der Waals surface area contributed by atoms with Gasteiger partial charge in [0.05, 0.1) is 0 Å². The molecular formula is C13H19ClN4O3S. The fraction of sp³-hybridized carbons (Fsp3) is 0.462. The van der Waals surface area contributed by atoms with Crippen LogP contribution in [0.25, 0.3) is 0 Å². The van der Waals surface area contributed by atoms with Crippen molar-refractivity contribution in [1.82, 2.24) is 9.62 Å². The van der Waals surface area contributed by atoms with E-state index in [1.165, 1.54) is 0 Å². The minimum absolute atomic E-state index is 0.228. The molecule has 122 valence electrons. The average Bonchev–Trinajstić information content (AvgIpc) is 2.42. The number of likely N-dealkylation sites (tertiary alicyclic amines) is 1. The third-order valence-electron chi connectivity index (χ3n) is 3.54. The van der Waals surface area contributed by atoms with E-state index in [0.717, 1.165) is 5.56 Å². The fourth-order valence-corrected chi connectivity index (χ4v) is 3.19. The van der Waals surface area contributed by atoms with Crippen molar-refractivity contribution in [2.45, 2.75) is 25.8 Å². The predicted octanol–water partition coefficient (Wildman–Crippen LogP) is 1.44. The van der Waals surface area contributed by atoms with E-state index in [4.69, 9.17) is 16.7 Å². The van der Waals surface area contributed by atoms with Crippen molar-refractivity contribution in [2.24, 2.45) is 5.14 Å². The number of amides is 2. The summed E-state index contributed by atoms with van der Waals surface area (Å²) in [7, 11) is -3.70. The van der Waals surface area contributed by atoms with Crippen LogP contribution in [-0.2, 0) is 10.2 Å². The van der Waals surface area contributed by atoms with Gasteiger partial charge >= 0.3 is 6.03 Å². The monoisotopic (exact) mass is 346 g/mol. The van der Waals surface area contributed by atoms with Crippen LogP contribution in [0, 0.1) is 6.92 Å². The van der Waals surface area contributed by atoms with Crippen LogP contribution in [0.15, 0.2) is 18.2 Å². The number of rotatable bonds is 3. The molecule has 1 aromatic rings. The molecule has 0 radical (unpaired) electrons. The van der Waals surface area contributed by atoms with Gasteiger partial charge < -0.3 is 10.2 Å². The first-order valence-corrected chi connectivity index (χ1v) is 8.79. The van der Waals surface area contributed by atoms with Gasteiger partial charge in [0.25, 0.3) is 10.2 Å². The number of urea groups is 1. The summed E-state index contributed by atoms with van der Waals surface area (Å²) in [5.74, 6) is 0. The summed E-state index contributed by atoms with van der Waals surface area (Å²) in [6.45, 7) is 2.80. The number of benzene rings is 1. The minimum Gasteiger partial charge on any atom is -0.324 e. The highest BCUT2D eigenvalue weighted by Crippen LogP contribution is 2.20. The van der Waals surface area contributed by atoms with Crippen molar-refractivity contribution in [3.05, 3.63) is 28.8 Å². The largest absolute Gasteiger partial charge is 0.324 e. The highest BCUT2D eigenvalue weighted by atomic mass is 35.5. The van der Waals surface area contributed by atoms with Crippen molar-refractivity contribution < 1.29 is 13.2 Å². The quantitative estimate of drug-likeness (QED) is 0.771. The zero-order valence-corrected chi connectivity index (χ0v) is 13.7. The lowest BCUT2D eigenvalue weighted by molar-refractivity contribution is 0.193. The molecule has 0 atom stereocenters. The lowest BCUT2D eigenvalue weighted by Crippen LogP contribution is -2.49. The molecule has 1 heterocycles. The van der Waals surface area contributed by atoms with Crippen LogP contribution in [0.4, 0.5) is 10.5 Å². The molecule has 1 aromatic carbocycles. The summed E-state index contributed by atoms with van der Waals surface area (Å²) in [5.41, 5.74) is 1.57. The van der Waals surface area contributed by atoms with Crippen LogP contribution in [0.5, 0.6) is 0 Å². The Balaban J connectivity index is 1.88. The smallest absolute Gasteiger partial charge is 0.321 e. The molecule has 4 N–H and O–H groups in total. The number of nitrogens with zero attached hydrogens (tertiary/aromatic N) is 1. The second-order valence-electron chi connectivity index (χ2n) is 5.32. The van der Waals surface area contributed by atoms with Gasteiger partial charge in [0, 0.05) is 29.8 Å². The normalized spacial score (nSPS) is 16.6. The number of aryl methyl sites for hydroxylation is 1. The van der Waals surface area contributed by atoms with E-state index in [9.17, 15) is 13.2 Å². The van der Waals surface area contributed by atoms with E-state index < -0.39 is 10.2 Å². The number of nitrogens with one attached hydrogen (secondary N) is 2. The SMILES string of the molecule is Cc1ccc(NC(=O)N2CCC(NS(N)(=O)=O)CC2)cc1Cl. The molecule has 0 spiro atoms. The minimum atomic E-state index is -3.70. The van der Waals surface area contributed by atoms with Crippen LogP contribution in [0.3, 0.4) is 0 Å². The molecule has 0 bridgehead atoms. The molecule has 0 aromatic heterocycles. The third kappa shape index (κ3) is 4.84. The molecule has 7 nitrogen and oxygen atoms in total. The van der Waals surface area contributed by atoms with Crippen LogP contribution >= 0.6 is 11.6 Å². The van der Waals surface area contributed by atoms with Gasteiger partial charge in [-0.15, -0.1) is 0 Å². The molecule has 2 amide bonds. The number of anilines is 1. The number of piperidine rings is 1. The van der Waals surface area contributed by atoms with Gasteiger partial charge in [0.1, 0.15) is 0 Å². The first kappa shape index (κ1) is 17.0. The molecule has 2 rings (SSSR count). The lowest BCUT2D eigenvalue weighted by atomic mass is 10.1. The van der Waals surface area contributed by atoms with Gasteiger partial charge in [-0.1, -0.05) is 17.7 Å². The Kier molecular flexibility index (Phi) is 5.28. The van der Waals surface area contributed by atoms with E-state index in [-0.39, 0.29) is 12.1 Å². The first-order valence-electron chi connectivity index (χ1n) is 6.87. The van der Waals surface area contributed by atoms with Crippen LogP contribution in [-0.4, -0.2) is 38.5 Å². The van der Waals surface area contributed by atoms with Crippen molar-refractivity contribution >= 4 is 33.5 Å². The van der Waals surface area contributed by atoms with Crippen LogP contribution in [0.2, 0.25) is 5.02 Å². The maximum atomic E-state index is 12.2. The molecule has 9 heteroatoms. The van der Waals surface area contributed by atoms with Crippen molar-refractivity contribution in [1.29, 1.82) is 0 Å². The van der Waals surface area contributed by atoms with Crippen molar-refractivity contribution in [3.8, 4) is 0 Å². The average molecular weight is 347 g/mol. The molecule has 1 fully saturated rings. The number of nitrogens with two attached hydrogens (primary N) is 1. The highest BCUT2D eigenvalue weighted by molar-refractivity contribution is 7.87. The fourth-order valence-electron chi connectivity index (χ4n) is 2.31. The summed E-state index contributed by atoms with van der Waals surface area (Å²) in [5, 5.41) is 8.32. The summed E-state index contributed by atoms with van der Waals surface area (Å²) in [4.78, 5) is 13.8. The molecule has 0 saturated carbocycles. The highest BCUT2D eigenvalue weighted by Gasteiger charge is 2.24. The summed E-state index contributed by atoms with van der Waals surface area (Å²) >= 11 is 6.02. The lowest BCUT2D eigenvalue weighted by Gasteiger charge is -2.31. The standard InChI is InChI=1S/C13H19ClN4O3S/c1-9-2-3-11(8-12(9)14)16-13(19)18-6-4-10(5-7-18)17-22(15,20)21/h2-3,8,10,17H,4-7H2,1H3,(H,16,19)(H2,15,20,21). The van der Waals surface area contributed by atoms with Gasteiger partial charge in [0.2, 0.25) is 0 Å². The second kappa shape index (κ2) is 6.82. The van der Waals surface area contributed by atoms with Gasteiger partial charge in [-0.3, -0.25) is 0 Å². The first-order chi connectivity index (χ1) is 10.2. The maximum Gasteiger partial charge on any atom is 0.321 e. The zero-order chi connectivity index (χ0) is 16.3.